The fraction of sp³-hybridized carbons (Fsp3) is 0.143. The third-order valence-corrected chi connectivity index (χ3v) is 5.32. The van der Waals surface area contributed by atoms with Gasteiger partial charge in [-0.1, -0.05) is 28.2 Å². The number of carboxylic acids is 1. The van der Waals surface area contributed by atoms with Crippen molar-refractivity contribution in [2.75, 3.05) is 6.54 Å². The summed E-state index contributed by atoms with van der Waals surface area (Å²) < 4.78 is 3.54. The van der Waals surface area contributed by atoms with Gasteiger partial charge < -0.3 is 26.2 Å². The quantitative estimate of drug-likeness (QED) is 0.292. The van der Waals surface area contributed by atoms with Gasteiger partial charge in [-0.05, 0) is 47.4 Å². The molecule has 34 heavy (non-hydrogen) atoms. The molecule has 3 aromatic rings. The first-order valence-corrected chi connectivity index (χ1v) is 10.9. The predicted octanol–water partition coefficient (Wildman–Crippen LogP) is 1.44. The van der Waals surface area contributed by atoms with Crippen molar-refractivity contribution in [3.05, 3.63) is 75.3 Å². The van der Waals surface area contributed by atoms with Crippen molar-refractivity contribution >= 4 is 46.8 Å². The maximum absolute atomic E-state index is 12.6. The number of carbonyl (C=O) groups is 4. The van der Waals surface area contributed by atoms with Gasteiger partial charge in [0.25, 0.3) is 17.7 Å². The second-order valence-electron chi connectivity index (χ2n) is 6.91. The van der Waals surface area contributed by atoms with Gasteiger partial charge in [-0.15, -0.1) is 5.10 Å². The van der Waals surface area contributed by atoms with Gasteiger partial charge in [-0.25, -0.2) is 4.79 Å². The molecule has 176 valence electrons. The smallest absolute Gasteiger partial charge is 0.328 e. The van der Waals surface area contributed by atoms with Crippen LogP contribution in [0.5, 0.6) is 5.75 Å². The van der Waals surface area contributed by atoms with Crippen LogP contribution in [0.15, 0.2) is 47.8 Å². The van der Waals surface area contributed by atoms with Crippen LogP contribution < -0.4 is 16.0 Å². The van der Waals surface area contributed by atoms with E-state index >= 15 is 0 Å². The average molecular weight is 504 g/mol. The molecule has 0 radical (unpaired) electrons. The van der Waals surface area contributed by atoms with Crippen molar-refractivity contribution in [2.24, 2.45) is 0 Å². The molecular weight excluding hydrogens is 486 g/mol. The van der Waals surface area contributed by atoms with Gasteiger partial charge in [0.15, 0.2) is 5.69 Å². The second kappa shape index (κ2) is 11.2. The maximum Gasteiger partial charge on any atom is 0.328 e. The summed E-state index contributed by atoms with van der Waals surface area (Å²) >= 11 is 7.12. The lowest BCUT2D eigenvalue weighted by Crippen LogP contribution is -2.48. The zero-order chi connectivity index (χ0) is 24.7. The molecule has 0 fully saturated rings. The molecule has 3 rings (SSSR count). The first-order valence-electron chi connectivity index (χ1n) is 9.69. The Morgan fingerprint density at radius 2 is 1.82 bits per heavy atom. The molecule has 0 aliphatic rings. The fourth-order valence-electron chi connectivity index (χ4n) is 2.78. The summed E-state index contributed by atoms with van der Waals surface area (Å²) in [5, 5.41) is 31.1. The predicted molar refractivity (Wildman–Crippen MR) is 122 cm³/mol. The van der Waals surface area contributed by atoms with E-state index in [-0.39, 0.29) is 34.1 Å². The van der Waals surface area contributed by atoms with E-state index in [9.17, 15) is 29.4 Å². The highest BCUT2D eigenvalue weighted by molar-refractivity contribution is 7.03. The number of aromatic nitrogens is 2. The van der Waals surface area contributed by atoms with Crippen LogP contribution in [0.1, 0.15) is 36.8 Å². The van der Waals surface area contributed by atoms with E-state index in [0.29, 0.717) is 5.56 Å². The van der Waals surface area contributed by atoms with Crippen LogP contribution in [0.3, 0.4) is 0 Å². The summed E-state index contributed by atoms with van der Waals surface area (Å²) in [5.74, 6) is -3.18. The van der Waals surface area contributed by atoms with Crippen molar-refractivity contribution < 1.29 is 29.4 Å². The Hall–Kier alpha value is -4.03. The summed E-state index contributed by atoms with van der Waals surface area (Å²) in [4.78, 5) is 48.4. The molecule has 1 atom stereocenters. The minimum atomic E-state index is -1.44. The summed E-state index contributed by atoms with van der Waals surface area (Å²) in [6, 6.07) is 8.89. The molecule has 3 amide bonds. The lowest BCUT2D eigenvalue weighted by Gasteiger charge is -2.16. The molecule has 1 heterocycles. The SMILES string of the molecule is O=C(NCc1cccc(O)c1)c1ccc(C(=O)N[C@@H](CNC(=O)c2csnn2)C(=O)O)c(Cl)c1. The Labute approximate surface area is 201 Å². The number of hydrogen-bond acceptors (Lipinski definition) is 8. The second-order valence-corrected chi connectivity index (χ2v) is 7.93. The summed E-state index contributed by atoms with van der Waals surface area (Å²) in [5.41, 5.74) is 0.850. The number of benzene rings is 2. The first kappa shape index (κ1) is 24.6. The van der Waals surface area contributed by atoms with Crippen molar-refractivity contribution in [3.63, 3.8) is 0 Å². The van der Waals surface area contributed by atoms with Gasteiger partial charge in [0.1, 0.15) is 11.8 Å². The molecule has 0 aliphatic heterocycles. The third-order valence-electron chi connectivity index (χ3n) is 4.50. The molecule has 0 aliphatic carbocycles. The number of halogens is 1. The van der Waals surface area contributed by atoms with Gasteiger partial charge in [-0.2, -0.15) is 0 Å². The summed E-state index contributed by atoms with van der Waals surface area (Å²) in [6.45, 7) is -0.235. The van der Waals surface area contributed by atoms with E-state index in [0.717, 1.165) is 11.5 Å². The first-order chi connectivity index (χ1) is 16.2. The van der Waals surface area contributed by atoms with Crippen LogP contribution in [-0.4, -0.2) is 56.1 Å². The number of carbonyl (C=O) groups excluding carboxylic acids is 3. The maximum atomic E-state index is 12.6. The number of carboxylic acid groups (broad SMARTS) is 1. The number of phenolic OH excluding ortho intramolecular Hbond substituents is 1. The van der Waals surface area contributed by atoms with E-state index in [1.165, 1.54) is 35.7 Å². The van der Waals surface area contributed by atoms with Gasteiger partial charge in [0.2, 0.25) is 0 Å². The van der Waals surface area contributed by atoms with Gasteiger partial charge in [0, 0.05) is 24.0 Å². The number of amides is 3. The van der Waals surface area contributed by atoms with E-state index in [4.69, 9.17) is 11.6 Å². The molecular formula is C21H18ClN5O6S. The molecule has 2 aromatic carbocycles. The monoisotopic (exact) mass is 503 g/mol. The normalized spacial score (nSPS) is 11.3. The molecule has 5 N–H and O–H groups in total. The molecule has 0 unspecified atom stereocenters. The highest BCUT2D eigenvalue weighted by Crippen LogP contribution is 2.19. The highest BCUT2D eigenvalue weighted by Gasteiger charge is 2.23. The molecule has 0 bridgehead atoms. The Morgan fingerprint density at radius 1 is 1.03 bits per heavy atom. The summed E-state index contributed by atoms with van der Waals surface area (Å²) in [7, 11) is 0. The van der Waals surface area contributed by atoms with Gasteiger partial charge in [-0.3, -0.25) is 14.4 Å². The number of hydrogen-bond donors (Lipinski definition) is 5. The van der Waals surface area contributed by atoms with E-state index in [1.54, 1.807) is 12.1 Å². The van der Waals surface area contributed by atoms with Crippen molar-refractivity contribution in [1.82, 2.24) is 25.5 Å². The summed E-state index contributed by atoms with van der Waals surface area (Å²) in [6.07, 6.45) is 0. The van der Waals surface area contributed by atoms with Crippen molar-refractivity contribution in [1.29, 1.82) is 0 Å². The third kappa shape index (κ3) is 6.49. The largest absolute Gasteiger partial charge is 0.508 e. The van der Waals surface area contributed by atoms with E-state index < -0.39 is 36.3 Å². The molecule has 13 heteroatoms. The van der Waals surface area contributed by atoms with Gasteiger partial charge >= 0.3 is 5.97 Å². The van der Waals surface area contributed by atoms with E-state index in [1.807, 2.05) is 0 Å². The molecule has 11 nitrogen and oxygen atoms in total. The Balaban J connectivity index is 1.60. The number of phenols is 1. The van der Waals surface area contributed by atoms with Crippen LogP contribution >= 0.6 is 23.1 Å². The Kier molecular flexibility index (Phi) is 8.11. The molecule has 1 aromatic heterocycles. The lowest BCUT2D eigenvalue weighted by atomic mass is 10.1. The van der Waals surface area contributed by atoms with E-state index in [2.05, 4.69) is 25.5 Å². The standard InChI is InChI=1S/C21H18ClN5O6S/c22-15-7-12(18(29)23-8-11-2-1-3-13(28)6-11)4-5-14(15)19(30)25-16(21(32)33)9-24-20(31)17-10-34-27-26-17/h1-7,10,16,28H,8-9H2,(H,23,29)(H,24,31)(H,25,30)(H,32,33)/t16-/m0/s1. The minimum Gasteiger partial charge on any atom is -0.508 e. The van der Waals surface area contributed by atoms with Crippen LogP contribution in [0, 0.1) is 0 Å². The Bertz CT molecular complexity index is 1220. The highest BCUT2D eigenvalue weighted by atomic mass is 35.5. The number of nitrogens with zero attached hydrogens (tertiary/aromatic N) is 2. The number of aromatic hydroxyl groups is 1. The fourth-order valence-corrected chi connectivity index (χ4v) is 3.48. The van der Waals surface area contributed by atoms with Gasteiger partial charge in [0.05, 0.1) is 10.6 Å². The van der Waals surface area contributed by atoms with Crippen LogP contribution in [0.2, 0.25) is 5.02 Å². The minimum absolute atomic E-state index is 0.0291. The van der Waals surface area contributed by atoms with Crippen LogP contribution in [0.25, 0.3) is 0 Å². The topological polar surface area (TPSA) is 171 Å². The van der Waals surface area contributed by atoms with Crippen molar-refractivity contribution in [3.8, 4) is 5.75 Å². The number of rotatable bonds is 9. The zero-order valence-electron chi connectivity index (χ0n) is 17.3. The molecule has 0 saturated carbocycles. The van der Waals surface area contributed by atoms with Crippen LogP contribution in [-0.2, 0) is 11.3 Å². The zero-order valence-corrected chi connectivity index (χ0v) is 18.9. The molecule has 0 saturated heterocycles. The van der Waals surface area contributed by atoms with Crippen LogP contribution in [0.4, 0.5) is 0 Å². The Morgan fingerprint density at radius 3 is 2.47 bits per heavy atom. The molecule has 0 spiro atoms. The van der Waals surface area contributed by atoms with Crippen molar-refractivity contribution in [2.45, 2.75) is 12.6 Å². The average Bonchev–Trinajstić information content (AvgIpc) is 3.34. The number of nitrogens with one attached hydrogen (secondary N) is 3. The number of aliphatic carboxylic acids is 1. The lowest BCUT2D eigenvalue weighted by molar-refractivity contribution is -0.139.